The van der Waals surface area contributed by atoms with Crippen molar-refractivity contribution in [1.82, 2.24) is 4.90 Å². The Kier molecular flexibility index (Phi) is 4.68. The number of aliphatic carboxylic acids is 1. The summed E-state index contributed by atoms with van der Waals surface area (Å²) in [5.41, 5.74) is -0.452. The fraction of sp³-hybridized carbons (Fsp3) is 0.500. The first-order valence-corrected chi connectivity index (χ1v) is 7.31. The number of halogens is 3. The Balaban J connectivity index is 2.23. The molecular formula is C16H18F3NO3. The molecule has 4 nitrogen and oxygen atoms in total. The molecule has 1 aromatic rings. The van der Waals surface area contributed by atoms with Crippen molar-refractivity contribution in [3.63, 3.8) is 0 Å². The van der Waals surface area contributed by atoms with Gasteiger partial charge in [0.2, 0.25) is 5.91 Å². The molecule has 1 unspecified atom stereocenters. The van der Waals surface area contributed by atoms with Crippen LogP contribution >= 0.6 is 0 Å². The van der Waals surface area contributed by atoms with Gasteiger partial charge >= 0.3 is 5.97 Å². The maximum Gasteiger partial charge on any atom is 0.303 e. The number of benzene rings is 1. The van der Waals surface area contributed by atoms with Gasteiger partial charge in [-0.15, -0.1) is 0 Å². The van der Waals surface area contributed by atoms with Crippen LogP contribution in [-0.4, -0.2) is 34.0 Å². The van der Waals surface area contributed by atoms with Crippen molar-refractivity contribution in [2.24, 2.45) is 0 Å². The monoisotopic (exact) mass is 329 g/mol. The van der Waals surface area contributed by atoms with E-state index in [4.69, 9.17) is 5.11 Å². The van der Waals surface area contributed by atoms with E-state index in [2.05, 4.69) is 0 Å². The molecule has 1 heterocycles. The summed E-state index contributed by atoms with van der Waals surface area (Å²) in [6.45, 7) is 3.86. The van der Waals surface area contributed by atoms with Crippen LogP contribution < -0.4 is 0 Å². The molecule has 1 amide bonds. The van der Waals surface area contributed by atoms with Gasteiger partial charge in [0.15, 0.2) is 17.5 Å². The summed E-state index contributed by atoms with van der Waals surface area (Å²) in [6, 6.07) is 1.91. The maximum atomic E-state index is 13.4. The molecule has 0 saturated carbocycles. The number of carbonyl (C=O) groups excluding carboxylic acids is 1. The first-order valence-electron chi connectivity index (χ1n) is 7.31. The third-order valence-corrected chi connectivity index (χ3v) is 4.45. The van der Waals surface area contributed by atoms with Gasteiger partial charge in [-0.25, -0.2) is 13.2 Å². The van der Waals surface area contributed by atoms with Crippen LogP contribution in [0.1, 0.15) is 44.6 Å². The Bertz CT molecular complexity index is 622. The van der Waals surface area contributed by atoms with Gasteiger partial charge in [0, 0.05) is 24.4 Å². The number of likely N-dealkylation sites (tertiary alicyclic amines) is 1. The lowest BCUT2D eigenvalue weighted by Gasteiger charge is -2.36. The summed E-state index contributed by atoms with van der Waals surface area (Å²) in [6.07, 6.45) is 0.0732. The highest BCUT2D eigenvalue weighted by molar-refractivity contribution is 5.81. The van der Waals surface area contributed by atoms with Gasteiger partial charge in [-0.1, -0.05) is 0 Å². The minimum atomic E-state index is -1.51. The van der Waals surface area contributed by atoms with Crippen LogP contribution in [0.2, 0.25) is 0 Å². The summed E-state index contributed by atoms with van der Waals surface area (Å²) in [4.78, 5) is 24.3. The lowest BCUT2D eigenvalue weighted by molar-refractivity contribution is -0.142. The molecule has 126 valence electrons. The second kappa shape index (κ2) is 6.22. The van der Waals surface area contributed by atoms with E-state index in [1.54, 1.807) is 13.8 Å². The molecule has 1 atom stereocenters. The van der Waals surface area contributed by atoms with Crippen molar-refractivity contribution >= 4 is 11.9 Å². The number of carboxylic acids is 1. The minimum absolute atomic E-state index is 0.127. The van der Waals surface area contributed by atoms with Crippen LogP contribution in [0.4, 0.5) is 13.2 Å². The first kappa shape index (κ1) is 17.3. The third kappa shape index (κ3) is 3.33. The maximum absolute atomic E-state index is 13.4. The van der Waals surface area contributed by atoms with Gasteiger partial charge in [0.1, 0.15) is 0 Å². The average Bonchev–Trinajstić information content (AvgIpc) is 2.76. The highest BCUT2D eigenvalue weighted by Crippen LogP contribution is 2.42. The molecule has 0 bridgehead atoms. The van der Waals surface area contributed by atoms with Crippen molar-refractivity contribution in [3.8, 4) is 0 Å². The van der Waals surface area contributed by atoms with Crippen molar-refractivity contribution < 1.29 is 27.9 Å². The van der Waals surface area contributed by atoms with Crippen LogP contribution in [-0.2, 0) is 9.59 Å². The van der Waals surface area contributed by atoms with E-state index in [9.17, 15) is 22.8 Å². The summed E-state index contributed by atoms with van der Waals surface area (Å²) >= 11 is 0. The molecule has 0 aromatic heterocycles. The van der Waals surface area contributed by atoms with Crippen molar-refractivity contribution in [2.75, 3.05) is 6.54 Å². The zero-order valence-corrected chi connectivity index (χ0v) is 12.9. The number of rotatable bonds is 4. The van der Waals surface area contributed by atoms with E-state index in [-0.39, 0.29) is 24.7 Å². The zero-order chi connectivity index (χ0) is 17.4. The van der Waals surface area contributed by atoms with Crippen molar-refractivity contribution in [3.05, 3.63) is 35.1 Å². The SMILES string of the molecule is CC1(C)C(c2cc(F)c(F)c(F)c2)CCN1C(=O)CCC(=O)O. The second-order valence-electron chi connectivity index (χ2n) is 6.23. The fourth-order valence-electron chi connectivity index (χ4n) is 3.23. The molecule has 1 aliphatic heterocycles. The normalized spacial score (nSPS) is 19.9. The predicted molar refractivity (Wildman–Crippen MR) is 76.3 cm³/mol. The number of carbonyl (C=O) groups is 2. The standard InChI is InChI=1S/C16H18F3NO3/c1-16(2)10(9-7-11(17)15(19)12(18)8-9)5-6-20(16)13(21)3-4-14(22)23/h7-8,10H,3-6H2,1-2H3,(H,22,23). The topological polar surface area (TPSA) is 57.6 Å². The Labute approximate surface area is 131 Å². The molecule has 1 saturated heterocycles. The summed E-state index contributed by atoms with van der Waals surface area (Å²) in [5.74, 6) is -5.77. The van der Waals surface area contributed by atoms with E-state index < -0.39 is 29.0 Å². The van der Waals surface area contributed by atoms with E-state index in [0.29, 0.717) is 18.5 Å². The third-order valence-electron chi connectivity index (χ3n) is 4.45. The van der Waals surface area contributed by atoms with E-state index in [1.165, 1.54) is 4.90 Å². The molecule has 0 radical (unpaired) electrons. The Morgan fingerprint density at radius 3 is 2.30 bits per heavy atom. The first-order chi connectivity index (χ1) is 10.6. The molecular weight excluding hydrogens is 311 g/mol. The highest BCUT2D eigenvalue weighted by Gasteiger charge is 2.44. The fourth-order valence-corrected chi connectivity index (χ4v) is 3.23. The number of hydrogen-bond acceptors (Lipinski definition) is 2. The van der Waals surface area contributed by atoms with Gasteiger partial charge in [-0.2, -0.15) is 0 Å². The van der Waals surface area contributed by atoms with Crippen LogP contribution in [0.5, 0.6) is 0 Å². The number of carboxylic acid groups (broad SMARTS) is 1. The smallest absolute Gasteiger partial charge is 0.303 e. The molecule has 1 N–H and O–H groups in total. The Hall–Kier alpha value is -2.05. The number of nitrogens with zero attached hydrogens (tertiary/aromatic N) is 1. The molecule has 1 aliphatic rings. The van der Waals surface area contributed by atoms with Gasteiger partial charge in [-0.05, 0) is 38.0 Å². The molecule has 7 heteroatoms. The molecule has 0 aliphatic carbocycles. The van der Waals surface area contributed by atoms with Gasteiger partial charge in [-0.3, -0.25) is 9.59 Å². The van der Waals surface area contributed by atoms with Gasteiger partial charge < -0.3 is 10.0 Å². The molecule has 2 rings (SSSR count). The highest BCUT2D eigenvalue weighted by atomic mass is 19.2. The number of amides is 1. The molecule has 23 heavy (non-hydrogen) atoms. The molecule has 0 spiro atoms. The Morgan fingerprint density at radius 1 is 1.22 bits per heavy atom. The van der Waals surface area contributed by atoms with E-state index in [1.807, 2.05) is 0 Å². The lowest BCUT2D eigenvalue weighted by Crippen LogP contribution is -2.45. The van der Waals surface area contributed by atoms with Crippen molar-refractivity contribution in [1.29, 1.82) is 0 Å². The second-order valence-corrected chi connectivity index (χ2v) is 6.23. The van der Waals surface area contributed by atoms with E-state index >= 15 is 0 Å². The lowest BCUT2D eigenvalue weighted by atomic mass is 9.82. The summed E-state index contributed by atoms with van der Waals surface area (Å²) in [7, 11) is 0. The quantitative estimate of drug-likeness (QED) is 0.864. The summed E-state index contributed by atoms with van der Waals surface area (Å²) < 4.78 is 40.0. The largest absolute Gasteiger partial charge is 0.481 e. The van der Waals surface area contributed by atoms with Crippen LogP contribution in [0.3, 0.4) is 0 Å². The molecule has 1 aromatic carbocycles. The summed E-state index contributed by atoms with van der Waals surface area (Å²) in [5, 5.41) is 8.66. The average molecular weight is 329 g/mol. The Morgan fingerprint density at radius 2 is 1.78 bits per heavy atom. The predicted octanol–water partition coefficient (Wildman–Crippen LogP) is 3.06. The van der Waals surface area contributed by atoms with Crippen molar-refractivity contribution in [2.45, 2.75) is 44.6 Å². The van der Waals surface area contributed by atoms with Crippen LogP contribution in [0, 0.1) is 17.5 Å². The number of hydrogen-bond donors (Lipinski definition) is 1. The minimum Gasteiger partial charge on any atom is -0.481 e. The van der Waals surface area contributed by atoms with Crippen LogP contribution in [0.25, 0.3) is 0 Å². The van der Waals surface area contributed by atoms with Crippen LogP contribution in [0.15, 0.2) is 12.1 Å². The van der Waals surface area contributed by atoms with Gasteiger partial charge in [0.05, 0.1) is 6.42 Å². The molecule has 1 fully saturated rings. The zero-order valence-electron chi connectivity index (χ0n) is 12.9. The van der Waals surface area contributed by atoms with Gasteiger partial charge in [0.25, 0.3) is 0 Å². The van der Waals surface area contributed by atoms with E-state index in [0.717, 1.165) is 12.1 Å².